The quantitative estimate of drug-likeness (QED) is 0.919. The summed E-state index contributed by atoms with van der Waals surface area (Å²) in [5, 5.41) is 3.63. The molecule has 2 fully saturated rings. The van der Waals surface area contributed by atoms with Gasteiger partial charge in [0, 0.05) is 31.7 Å². The smallest absolute Gasteiger partial charge is 0.128 e. The third-order valence-corrected chi connectivity index (χ3v) is 4.66. The molecule has 0 aromatic carbocycles. The molecule has 1 aromatic rings. The summed E-state index contributed by atoms with van der Waals surface area (Å²) in [5.41, 5.74) is 1.13. The van der Waals surface area contributed by atoms with Crippen molar-refractivity contribution in [3.8, 4) is 0 Å². The molecule has 0 radical (unpaired) electrons. The van der Waals surface area contributed by atoms with E-state index in [0.29, 0.717) is 12.1 Å². The van der Waals surface area contributed by atoms with Gasteiger partial charge < -0.3 is 19.9 Å². The molecule has 2 aliphatic heterocycles. The minimum atomic E-state index is 0.562. The fourth-order valence-corrected chi connectivity index (χ4v) is 3.11. The predicted molar refractivity (Wildman–Crippen MR) is 86.0 cm³/mol. The van der Waals surface area contributed by atoms with Crippen molar-refractivity contribution in [3.63, 3.8) is 0 Å². The summed E-state index contributed by atoms with van der Waals surface area (Å²) in [6, 6.07) is 5.48. The summed E-state index contributed by atoms with van der Waals surface area (Å²) in [6.07, 6.45) is 4.36. The minimum absolute atomic E-state index is 0.562. The van der Waals surface area contributed by atoms with Crippen molar-refractivity contribution in [2.45, 2.75) is 31.8 Å². The Bertz CT molecular complexity index is 444. The Labute approximate surface area is 127 Å². The molecule has 2 aliphatic rings. The fourth-order valence-electron chi connectivity index (χ4n) is 3.11. The maximum Gasteiger partial charge on any atom is 0.128 e. The molecule has 21 heavy (non-hydrogen) atoms. The molecule has 0 saturated carbocycles. The Morgan fingerprint density at radius 3 is 2.71 bits per heavy atom. The second kappa shape index (κ2) is 6.62. The van der Waals surface area contributed by atoms with E-state index in [-0.39, 0.29) is 0 Å². The molecule has 2 atom stereocenters. The van der Waals surface area contributed by atoms with Crippen LogP contribution < -0.4 is 10.2 Å². The number of aromatic nitrogens is 1. The molecule has 0 aliphatic carbocycles. The normalized spacial score (nSPS) is 27.6. The topological polar surface area (TPSA) is 40.6 Å². The number of hydrogen-bond acceptors (Lipinski definition) is 5. The lowest BCUT2D eigenvalue weighted by molar-refractivity contribution is 0.122. The van der Waals surface area contributed by atoms with Crippen molar-refractivity contribution in [1.29, 1.82) is 0 Å². The van der Waals surface area contributed by atoms with Crippen LogP contribution in [0.5, 0.6) is 0 Å². The Morgan fingerprint density at radius 2 is 2.05 bits per heavy atom. The van der Waals surface area contributed by atoms with Gasteiger partial charge in [0.25, 0.3) is 0 Å². The molecule has 116 valence electrons. The average Bonchev–Trinajstić information content (AvgIpc) is 2.53. The number of likely N-dealkylation sites (tertiary alicyclic amines) is 1. The first kappa shape index (κ1) is 14.6. The summed E-state index contributed by atoms with van der Waals surface area (Å²) in [5.74, 6) is 1.06. The van der Waals surface area contributed by atoms with Gasteiger partial charge in [0.15, 0.2) is 0 Å². The van der Waals surface area contributed by atoms with Crippen molar-refractivity contribution in [3.05, 3.63) is 18.3 Å². The SMILES string of the molecule is CC1CC(Nc2ccc(N3CCOCC3)nc2)CCN1C. The fraction of sp³-hybridized carbons (Fsp3) is 0.688. The van der Waals surface area contributed by atoms with Crippen LogP contribution in [0.1, 0.15) is 19.8 Å². The van der Waals surface area contributed by atoms with E-state index in [9.17, 15) is 0 Å². The standard InChI is InChI=1S/C16H26N4O/c1-13-11-14(5-6-19(13)2)18-15-3-4-16(17-12-15)20-7-9-21-10-8-20/h3-4,12-14,18H,5-11H2,1-2H3. The summed E-state index contributed by atoms with van der Waals surface area (Å²) >= 11 is 0. The van der Waals surface area contributed by atoms with Crippen LogP contribution in [0.25, 0.3) is 0 Å². The highest BCUT2D eigenvalue weighted by Crippen LogP contribution is 2.21. The van der Waals surface area contributed by atoms with E-state index in [4.69, 9.17) is 4.74 Å². The lowest BCUT2D eigenvalue weighted by atomic mass is 9.99. The molecule has 5 heteroatoms. The molecule has 1 N–H and O–H groups in total. The Hall–Kier alpha value is -1.33. The number of nitrogens with zero attached hydrogens (tertiary/aromatic N) is 3. The van der Waals surface area contributed by atoms with E-state index in [1.165, 1.54) is 12.8 Å². The van der Waals surface area contributed by atoms with Crippen LogP contribution in [0, 0.1) is 0 Å². The highest BCUT2D eigenvalue weighted by atomic mass is 16.5. The van der Waals surface area contributed by atoms with Crippen LogP contribution in [0.2, 0.25) is 0 Å². The first-order valence-corrected chi connectivity index (χ1v) is 7.98. The third-order valence-electron chi connectivity index (χ3n) is 4.66. The number of anilines is 2. The van der Waals surface area contributed by atoms with Gasteiger partial charge in [0.1, 0.15) is 5.82 Å². The summed E-state index contributed by atoms with van der Waals surface area (Å²) in [7, 11) is 2.21. The highest BCUT2D eigenvalue weighted by Gasteiger charge is 2.22. The third kappa shape index (κ3) is 3.66. The van der Waals surface area contributed by atoms with E-state index >= 15 is 0 Å². The predicted octanol–water partition coefficient (Wildman–Crippen LogP) is 1.81. The van der Waals surface area contributed by atoms with Crippen molar-refractivity contribution in [2.24, 2.45) is 0 Å². The van der Waals surface area contributed by atoms with E-state index in [0.717, 1.165) is 44.4 Å². The van der Waals surface area contributed by atoms with Crippen LogP contribution in [-0.2, 0) is 4.74 Å². The molecule has 5 nitrogen and oxygen atoms in total. The summed E-state index contributed by atoms with van der Waals surface area (Å²) in [6.45, 7) is 6.94. The average molecular weight is 290 g/mol. The number of piperidine rings is 1. The van der Waals surface area contributed by atoms with E-state index in [1.54, 1.807) is 0 Å². The van der Waals surface area contributed by atoms with Gasteiger partial charge in [-0.25, -0.2) is 4.98 Å². The van der Waals surface area contributed by atoms with Gasteiger partial charge >= 0.3 is 0 Å². The van der Waals surface area contributed by atoms with Crippen LogP contribution in [-0.4, -0.2) is 61.9 Å². The van der Waals surface area contributed by atoms with E-state index in [1.807, 2.05) is 6.20 Å². The van der Waals surface area contributed by atoms with Gasteiger partial charge in [0.05, 0.1) is 25.1 Å². The maximum absolute atomic E-state index is 5.38. The highest BCUT2D eigenvalue weighted by molar-refractivity contribution is 5.49. The van der Waals surface area contributed by atoms with Gasteiger partial charge in [-0.3, -0.25) is 0 Å². The van der Waals surface area contributed by atoms with Gasteiger partial charge in [0.2, 0.25) is 0 Å². The Morgan fingerprint density at radius 1 is 1.24 bits per heavy atom. The van der Waals surface area contributed by atoms with Crippen molar-refractivity contribution >= 4 is 11.5 Å². The number of morpholine rings is 1. The van der Waals surface area contributed by atoms with E-state index < -0.39 is 0 Å². The summed E-state index contributed by atoms with van der Waals surface area (Å²) < 4.78 is 5.38. The van der Waals surface area contributed by atoms with Crippen LogP contribution >= 0.6 is 0 Å². The van der Waals surface area contributed by atoms with Crippen LogP contribution in [0.4, 0.5) is 11.5 Å². The number of nitrogens with one attached hydrogen (secondary N) is 1. The Balaban J connectivity index is 1.57. The number of rotatable bonds is 3. The molecule has 0 bridgehead atoms. The lowest BCUT2D eigenvalue weighted by Crippen LogP contribution is -2.42. The number of ether oxygens (including phenoxy) is 1. The molecule has 2 saturated heterocycles. The minimum Gasteiger partial charge on any atom is -0.381 e. The molecular formula is C16H26N4O. The molecular weight excluding hydrogens is 264 g/mol. The largest absolute Gasteiger partial charge is 0.381 e. The molecule has 2 unspecified atom stereocenters. The second-order valence-electron chi connectivity index (χ2n) is 6.20. The first-order chi connectivity index (χ1) is 10.2. The Kier molecular flexibility index (Phi) is 4.60. The van der Waals surface area contributed by atoms with Crippen LogP contribution in [0.15, 0.2) is 18.3 Å². The number of hydrogen-bond donors (Lipinski definition) is 1. The second-order valence-corrected chi connectivity index (χ2v) is 6.20. The lowest BCUT2D eigenvalue weighted by Gasteiger charge is -2.35. The van der Waals surface area contributed by atoms with Crippen molar-refractivity contribution in [1.82, 2.24) is 9.88 Å². The molecule has 0 amide bonds. The van der Waals surface area contributed by atoms with E-state index in [2.05, 4.69) is 46.2 Å². The van der Waals surface area contributed by atoms with Gasteiger partial charge in [-0.1, -0.05) is 0 Å². The van der Waals surface area contributed by atoms with Crippen molar-refractivity contribution < 1.29 is 4.74 Å². The monoisotopic (exact) mass is 290 g/mol. The zero-order valence-electron chi connectivity index (χ0n) is 13.1. The maximum atomic E-state index is 5.38. The van der Waals surface area contributed by atoms with Crippen LogP contribution in [0.3, 0.4) is 0 Å². The number of pyridine rings is 1. The van der Waals surface area contributed by atoms with Crippen molar-refractivity contribution in [2.75, 3.05) is 50.1 Å². The zero-order valence-corrected chi connectivity index (χ0v) is 13.1. The molecule has 1 aromatic heterocycles. The zero-order chi connectivity index (χ0) is 14.7. The summed E-state index contributed by atoms with van der Waals surface area (Å²) in [4.78, 5) is 9.31. The van der Waals surface area contributed by atoms with Gasteiger partial charge in [-0.2, -0.15) is 0 Å². The first-order valence-electron chi connectivity index (χ1n) is 7.98. The molecule has 0 spiro atoms. The molecule has 3 rings (SSSR count). The van der Waals surface area contributed by atoms with Gasteiger partial charge in [-0.05, 0) is 38.9 Å². The van der Waals surface area contributed by atoms with Gasteiger partial charge in [-0.15, -0.1) is 0 Å². The molecule has 3 heterocycles.